The van der Waals surface area contributed by atoms with Gasteiger partial charge >= 0.3 is 0 Å². The van der Waals surface area contributed by atoms with Crippen LogP contribution in [0.4, 0.5) is 0 Å². The number of hydrogen-bond acceptors (Lipinski definition) is 0. The molecule has 0 bridgehead atoms. The Balaban J connectivity index is 1.91. The van der Waals surface area contributed by atoms with Crippen LogP contribution < -0.4 is 0 Å². The van der Waals surface area contributed by atoms with Gasteiger partial charge in [-0.1, -0.05) is 98.8 Å². The van der Waals surface area contributed by atoms with E-state index in [2.05, 4.69) is 140 Å². The minimum Gasteiger partial charge on any atom is -0.0988 e. The van der Waals surface area contributed by atoms with Gasteiger partial charge in [-0.15, -0.1) is 0 Å². The van der Waals surface area contributed by atoms with Crippen molar-refractivity contribution in [3.63, 3.8) is 0 Å². The zero-order valence-electron chi connectivity index (χ0n) is 26.5. The molecule has 0 atom stereocenters. The predicted molar refractivity (Wildman–Crippen MR) is 187 cm³/mol. The first kappa shape index (κ1) is 29.3. The van der Waals surface area contributed by atoms with E-state index in [0.29, 0.717) is 0 Å². The summed E-state index contributed by atoms with van der Waals surface area (Å²) in [5, 5.41) is 5.16. The Bertz CT molecular complexity index is 1870. The predicted octanol–water partition coefficient (Wildman–Crippen LogP) is 12.5. The van der Waals surface area contributed by atoms with Crippen LogP contribution in [0.15, 0.2) is 109 Å². The lowest BCUT2D eigenvalue weighted by molar-refractivity contribution is 0.791. The molecule has 0 radical (unpaired) electrons. The van der Waals surface area contributed by atoms with Gasteiger partial charge in [0.25, 0.3) is 0 Å². The Hall–Kier alpha value is -4.16. The minimum absolute atomic E-state index is 1.13. The Morgan fingerprint density at radius 2 is 1.33 bits per heavy atom. The molecule has 5 aromatic rings. The largest absolute Gasteiger partial charge is 0.0988 e. The number of unbranched alkanes of at least 4 members (excludes halogenated alkanes) is 1. The average Bonchev–Trinajstić information content (AvgIpc) is 3.01. The molecule has 0 aliphatic rings. The highest BCUT2D eigenvalue weighted by Gasteiger charge is 2.21. The fourth-order valence-electron chi connectivity index (χ4n) is 6.66. The van der Waals surface area contributed by atoms with Crippen molar-refractivity contribution >= 4 is 27.1 Å². The molecule has 0 aliphatic heterocycles. The third-order valence-electron chi connectivity index (χ3n) is 9.28. The second-order valence-electron chi connectivity index (χ2n) is 11.7. The highest BCUT2D eigenvalue weighted by molar-refractivity contribution is 6.11. The van der Waals surface area contributed by atoms with Gasteiger partial charge in [0, 0.05) is 0 Å². The Morgan fingerprint density at radius 3 is 1.95 bits per heavy atom. The zero-order valence-corrected chi connectivity index (χ0v) is 26.5. The van der Waals surface area contributed by atoms with E-state index in [1.54, 1.807) is 0 Å². The van der Waals surface area contributed by atoms with Gasteiger partial charge in [0.15, 0.2) is 0 Å². The van der Waals surface area contributed by atoms with Gasteiger partial charge in [-0.2, -0.15) is 0 Å². The lowest BCUT2D eigenvalue weighted by Crippen LogP contribution is -2.00. The monoisotopic (exact) mass is 548 g/mol. The summed E-state index contributed by atoms with van der Waals surface area (Å²) in [7, 11) is 0. The van der Waals surface area contributed by atoms with Gasteiger partial charge in [-0.3, -0.25) is 0 Å². The molecular weight excluding hydrogens is 504 g/mol. The Kier molecular flexibility index (Phi) is 8.64. The van der Waals surface area contributed by atoms with E-state index in [1.165, 1.54) is 101 Å². The molecule has 5 rings (SSSR count). The third-order valence-corrected chi connectivity index (χ3v) is 9.28. The van der Waals surface area contributed by atoms with Crippen molar-refractivity contribution in [2.45, 2.75) is 67.7 Å². The van der Waals surface area contributed by atoms with Crippen LogP contribution in [-0.2, 0) is 6.42 Å². The molecule has 0 amide bonds. The molecule has 0 heteroatoms. The molecule has 0 aliphatic carbocycles. The third kappa shape index (κ3) is 5.16. The zero-order chi connectivity index (χ0) is 30.0. The van der Waals surface area contributed by atoms with Crippen LogP contribution >= 0.6 is 0 Å². The summed E-state index contributed by atoms with van der Waals surface area (Å²) in [6, 6.07) is 29.5. The molecule has 0 aromatic heterocycles. The number of benzene rings is 5. The van der Waals surface area contributed by atoms with Gasteiger partial charge in [0.05, 0.1) is 0 Å². The quantitative estimate of drug-likeness (QED) is 0.169. The molecule has 0 nitrogen and oxygen atoms in total. The highest BCUT2D eigenvalue weighted by atomic mass is 14.2. The first-order chi connectivity index (χ1) is 20.3. The molecule has 0 unspecified atom stereocenters. The number of allylic oxidation sites excluding steroid dienone is 5. The van der Waals surface area contributed by atoms with Crippen molar-refractivity contribution in [1.82, 2.24) is 0 Å². The number of aryl methyl sites for hydroxylation is 1. The fourth-order valence-corrected chi connectivity index (χ4v) is 6.66. The summed E-state index contributed by atoms with van der Waals surface area (Å²) in [6.45, 7) is 19.8. The fraction of sp³-hybridized carbons (Fsp3) is 0.238. The molecule has 212 valence electrons. The van der Waals surface area contributed by atoms with E-state index in [-0.39, 0.29) is 0 Å². The maximum Gasteiger partial charge on any atom is -0.00608 e. The molecule has 0 saturated carbocycles. The number of hydrogen-bond donors (Lipinski definition) is 0. The normalized spacial score (nSPS) is 12.6. The van der Waals surface area contributed by atoms with Crippen molar-refractivity contribution < 1.29 is 0 Å². The van der Waals surface area contributed by atoms with Crippen LogP contribution in [0, 0.1) is 20.8 Å². The minimum atomic E-state index is 1.13. The van der Waals surface area contributed by atoms with Crippen molar-refractivity contribution in [2.24, 2.45) is 0 Å². The van der Waals surface area contributed by atoms with E-state index >= 15 is 0 Å². The second kappa shape index (κ2) is 12.4. The molecule has 0 fully saturated rings. The molecule has 5 aromatic carbocycles. The first-order valence-corrected chi connectivity index (χ1v) is 15.4. The van der Waals surface area contributed by atoms with Gasteiger partial charge in [-0.25, -0.2) is 0 Å². The maximum atomic E-state index is 4.06. The SMILES string of the molecule is C=C/C(C)=C(C)\C(=C/C)c1cc2ccccc2c(-c2c(C)c(-c3cccc(CCCC)c3C)cc3ccccc23)c1C. The summed E-state index contributed by atoms with van der Waals surface area (Å²) in [4.78, 5) is 0. The molecule has 0 saturated heterocycles. The molecule has 0 N–H and O–H groups in total. The molecule has 42 heavy (non-hydrogen) atoms. The number of fused-ring (bicyclic) bond motifs is 2. The summed E-state index contributed by atoms with van der Waals surface area (Å²) in [5.74, 6) is 0. The number of rotatable bonds is 8. The van der Waals surface area contributed by atoms with Crippen molar-refractivity contribution in [3.8, 4) is 22.3 Å². The molecular formula is C42H44. The topological polar surface area (TPSA) is 0 Å². The van der Waals surface area contributed by atoms with E-state index < -0.39 is 0 Å². The lowest BCUT2D eigenvalue weighted by Gasteiger charge is -2.23. The lowest BCUT2D eigenvalue weighted by atomic mass is 9.80. The average molecular weight is 549 g/mol. The van der Waals surface area contributed by atoms with Gasteiger partial charge in [0.1, 0.15) is 0 Å². The van der Waals surface area contributed by atoms with Crippen LogP contribution in [-0.4, -0.2) is 0 Å². The van der Waals surface area contributed by atoms with E-state index in [9.17, 15) is 0 Å². The van der Waals surface area contributed by atoms with Gasteiger partial charge < -0.3 is 0 Å². The Labute approximate surface area is 253 Å². The van der Waals surface area contributed by atoms with Crippen LogP contribution in [0.3, 0.4) is 0 Å². The van der Waals surface area contributed by atoms with E-state index in [4.69, 9.17) is 0 Å². The smallest absolute Gasteiger partial charge is 0.00608 e. The molecule has 0 heterocycles. The second-order valence-corrected chi connectivity index (χ2v) is 11.7. The standard InChI is InChI=1S/C42H44/c1-9-12-18-32-21-17-24-36(29(32)6)40-26-34-20-14-16-23-38(34)42(31(40)8)41-30(7)39(25-33-19-13-15-22-37(33)41)35(11-3)28(5)27(4)10-2/h10-11,13-17,19-26H,2,9,12,18H2,1,3-8H3/b28-27-,35-11+. The summed E-state index contributed by atoms with van der Waals surface area (Å²) in [6.07, 6.45) is 7.78. The molecule has 0 spiro atoms. The maximum absolute atomic E-state index is 4.06. The van der Waals surface area contributed by atoms with Crippen LogP contribution in [0.2, 0.25) is 0 Å². The van der Waals surface area contributed by atoms with Crippen LogP contribution in [0.5, 0.6) is 0 Å². The van der Waals surface area contributed by atoms with Crippen LogP contribution in [0.25, 0.3) is 49.4 Å². The van der Waals surface area contributed by atoms with Crippen LogP contribution in [0.1, 0.15) is 68.4 Å². The summed E-state index contributed by atoms with van der Waals surface area (Å²) in [5.41, 5.74) is 15.9. The summed E-state index contributed by atoms with van der Waals surface area (Å²) >= 11 is 0. The van der Waals surface area contributed by atoms with Crippen molar-refractivity contribution in [2.75, 3.05) is 0 Å². The van der Waals surface area contributed by atoms with E-state index in [0.717, 1.165) is 6.42 Å². The van der Waals surface area contributed by atoms with Gasteiger partial charge in [0.2, 0.25) is 0 Å². The van der Waals surface area contributed by atoms with E-state index in [1.807, 2.05) is 6.08 Å². The van der Waals surface area contributed by atoms with Crippen molar-refractivity contribution in [1.29, 1.82) is 0 Å². The Morgan fingerprint density at radius 1 is 0.714 bits per heavy atom. The first-order valence-electron chi connectivity index (χ1n) is 15.4. The summed E-state index contributed by atoms with van der Waals surface area (Å²) < 4.78 is 0. The van der Waals surface area contributed by atoms with Gasteiger partial charge in [-0.05, 0) is 155 Å². The highest BCUT2D eigenvalue weighted by Crippen LogP contribution is 2.45. The van der Waals surface area contributed by atoms with Crippen molar-refractivity contribution in [3.05, 3.63) is 137 Å².